The molecule has 1 amide bonds. The van der Waals surface area contributed by atoms with Crippen molar-refractivity contribution < 1.29 is 9.53 Å². The first-order valence-corrected chi connectivity index (χ1v) is 8.12. The van der Waals surface area contributed by atoms with Gasteiger partial charge in [0.05, 0.1) is 12.4 Å². The number of carbonyl (C=O) groups excluding carboxylic acids is 1. The second kappa shape index (κ2) is 9.57. The number of alkyl halides is 1. The van der Waals surface area contributed by atoms with Gasteiger partial charge in [0.1, 0.15) is 12.4 Å². The Balaban J connectivity index is 1.81. The maximum atomic E-state index is 11.6. The van der Waals surface area contributed by atoms with Crippen LogP contribution in [0.2, 0.25) is 0 Å². The van der Waals surface area contributed by atoms with Gasteiger partial charge in [0.15, 0.2) is 0 Å². The molecule has 0 aliphatic heterocycles. The average molecular weight is 346 g/mol. The molecule has 6 heteroatoms. The molecule has 0 radical (unpaired) electrons. The summed E-state index contributed by atoms with van der Waals surface area (Å²) in [4.78, 5) is 15.6. The number of alkyl carbamates (subject to hydrolysis) is 1. The number of aliphatic imine (C=N–C) groups is 1. The van der Waals surface area contributed by atoms with Crippen molar-refractivity contribution in [1.29, 1.82) is 0 Å². The Kier molecular flexibility index (Phi) is 7.11. The minimum Gasteiger partial charge on any atom is -0.448 e. The zero-order valence-corrected chi connectivity index (χ0v) is 14.0. The molecule has 0 bridgehead atoms. The van der Waals surface area contributed by atoms with Gasteiger partial charge < -0.3 is 15.8 Å². The van der Waals surface area contributed by atoms with Crippen LogP contribution in [0.25, 0.3) is 11.1 Å². The Hall–Kier alpha value is -2.53. The van der Waals surface area contributed by atoms with Gasteiger partial charge in [0.2, 0.25) is 0 Å². The van der Waals surface area contributed by atoms with Crippen molar-refractivity contribution in [1.82, 2.24) is 5.32 Å². The SMILES string of the molecule is NC(CCl)=NCCOC(=O)NCc1cccc(-c2ccccc2)c1. The number of benzene rings is 2. The van der Waals surface area contributed by atoms with E-state index in [1.54, 1.807) is 0 Å². The smallest absolute Gasteiger partial charge is 0.407 e. The molecule has 0 aromatic heterocycles. The first-order chi connectivity index (χ1) is 11.7. The average Bonchev–Trinajstić information content (AvgIpc) is 2.64. The van der Waals surface area contributed by atoms with Crippen molar-refractivity contribution >= 4 is 23.5 Å². The molecule has 0 heterocycles. The van der Waals surface area contributed by atoms with Gasteiger partial charge in [-0.3, -0.25) is 4.99 Å². The van der Waals surface area contributed by atoms with Gasteiger partial charge in [-0.05, 0) is 22.8 Å². The Morgan fingerprint density at radius 2 is 1.88 bits per heavy atom. The molecule has 5 nitrogen and oxygen atoms in total. The Labute approximate surface area is 146 Å². The van der Waals surface area contributed by atoms with Crippen LogP contribution in [0.5, 0.6) is 0 Å². The van der Waals surface area contributed by atoms with E-state index in [-0.39, 0.29) is 12.5 Å². The predicted molar refractivity (Wildman–Crippen MR) is 97.3 cm³/mol. The third kappa shape index (κ3) is 5.93. The highest BCUT2D eigenvalue weighted by atomic mass is 35.5. The van der Waals surface area contributed by atoms with Gasteiger partial charge in [-0.15, -0.1) is 11.6 Å². The van der Waals surface area contributed by atoms with Crippen LogP contribution in [0.4, 0.5) is 4.79 Å². The first kappa shape index (κ1) is 17.8. The molecular formula is C18H20ClN3O2. The minimum atomic E-state index is -0.486. The normalized spacial score (nSPS) is 11.1. The first-order valence-electron chi connectivity index (χ1n) is 7.59. The van der Waals surface area contributed by atoms with Crippen molar-refractivity contribution in [3.63, 3.8) is 0 Å². The lowest BCUT2D eigenvalue weighted by molar-refractivity contribution is 0.149. The summed E-state index contributed by atoms with van der Waals surface area (Å²) >= 11 is 5.49. The van der Waals surface area contributed by atoms with E-state index in [1.807, 2.05) is 54.6 Å². The number of amidine groups is 1. The molecule has 0 aliphatic carbocycles. The second-order valence-corrected chi connectivity index (χ2v) is 5.33. The van der Waals surface area contributed by atoms with Crippen LogP contribution in [0.3, 0.4) is 0 Å². The monoisotopic (exact) mass is 345 g/mol. The third-order valence-electron chi connectivity index (χ3n) is 3.25. The van der Waals surface area contributed by atoms with E-state index in [4.69, 9.17) is 22.1 Å². The number of halogens is 1. The van der Waals surface area contributed by atoms with E-state index >= 15 is 0 Å². The van der Waals surface area contributed by atoms with E-state index in [2.05, 4.69) is 10.3 Å². The summed E-state index contributed by atoms with van der Waals surface area (Å²) in [5.41, 5.74) is 8.69. The lowest BCUT2D eigenvalue weighted by Crippen LogP contribution is -2.25. The number of hydrogen-bond donors (Lipinski definition) is 2. The number of nitrogens with zero attached hydrogens (tertiary/aromatic N) is 1. The molecule has 3 N–H and O–H groups in total. The summed E-state index contributed by atoms with van der Waals surface area (Å²) in [6, 6.07) is 18.1. The van der Waals surface area contributed by atoms with Crippen LogP contribution in [0, 0.1) is 0 Å². The number of carbonyl (C=O) groups is 1. The van der Waals surface area contributed by atoms with E-state index in [0.717, 1.165) is 16.7 Å². The fraction of sp³-hybridized carbons (Fsp3) is 0.222. The van der Waals surface area contributed by atoms with Crippen molar-refractivity contribution in [2.24, 2.45) is 10.7 Å². The number of hydrogen-bond acceptors (Lipinski definition) is 3. The predicted octanol–water partition coefficient (Wildman–Crippen LogP) is 3.18. The van der Waals surface area contributed by atoms with Crippen LogP contribution in [0.15, 0.2) is 59.6 Å². The number of nitrogens with one attached hydrogen (secondary N) is 1. The summed E-state index contributed by atoms with van der Waals surface area (Å²) in [5.74, 6) is 0.502. The van der Waals surface area contributed by atoms with E-state index in [0.29, 0.717) is 18.9 Å². The Bertz CT molecular complexity index is 690. The molecule has 0 aliphatic rings. The zero-order chi connectivity index (χ0) is 17.2. The molecule has 0 atom stereocenters. The van der Waals surface area contributed by atoms with Crippen molar-refractivity contribution in [3.05, 3.63) is 60.2 Å². The molecule has 126 valence electrons. The molecule has 0 unspecified atom stereocenters. The van der Waals surface area contributed by atoms with Crippen LogP contribution >= 0.6 is 11.6 Å². The number of rotatable bonds is 7. The van der Waals surface area contributed by atoms with Gasteiger partial charge in [0.25, 0.3) is 0 Å². The molecule has 0 saturated carbocycles. The van der Waals surface area contributed by atoms with Gasteiger partial charge >= 0.3 is 6.09 Å². The summed E-state index contributed by atoms with van der Waals surface area (Å²) in [6.45, 7) is 0.857. The lowest BCUT2D eigenvalue weighted by Gasteiger charge is -2.08. The number of ether oxygens (including phenoxy) is 1. The molecule has 0 saturated heterocycles. The van der Waals surface area contributed by atoms with Crippen LogP contribution in [0.1, 0.15) is 5.56 Å². The second-order valence-electron chi connectivity index (χ2n) is 5.06. The maximum absolute atomic E-state index is 11.6. The largest absolute Gasteiger partial charge is 0.448 e. The molecular weight excluding hydrogens is 326 g/mol. The standard InChI is InChI=1S/C18H20ClN3O2/c19-12-17(20)21-9-10-24-18(23)22-13-14-5-4-8-16(11-14)15-6-2-1-3-7-15/h1-8,11H,9-10,12-13H2,(H2,20,21)(H,22,23). The lowest BCUT2D eigenvalue weighted by atomic mass is 10.0. The fourth-order valence-electron chi connectivity index (χ4n) is 2.09. The maximum Gasteiger partial charge on any atom is 0.407 e. The summed E-state index contributed by atoms with van der Waals surface area (Å²) in [7, 11) is 0. The highest BCUT2D eigenvalue weighted by Crippen LogP contribution is 2.19. The van der Waals surface area contributed by atoms with E-state index in [1.165, 1.54) is 0 Å². The third-order valence-corrected chi connectivity index (χ3v) is 3.52. The molecule has 2 aromatic rings. The van der Waals surface area contributed by atoms with Crippen molar-refractivity contribution in [2.45, 2.75) is 6.54 Å². The molecule has 24 heavy (non-hydrogen) atoms. The van der Waals surface area contributed by atoms with Crippen molar-refractivity contribution in [2.75, 3.05) is 19.0 Å². The highest BCUT2D eigenvalue weighted by Gasteiger charge is 2.03. The van der Waals surface area contributed by atoms with Crippen LogP contribution in [-0.2, 0) is 11.3 Å². The van der Waals surface area contributed by atoms with Gasteiger partial charge in [-0.1, -0.05) is 48.5 Å². The van der Waals surface area contributed by atoms with Gasteiger partial charge in [-0.2, -0.15) is 0 Å². The molecule has 2 aromatic carbocycles. The summed E-state index contributed by atoms with van der Waals surface area (Å²) < 4.78 is 5.02. The van der Waals surface area contributed by atoms with E-state index < -0.39 is 6.09 Å². The molecule has 2 rings (SSSR count). The Morgan fingerprint density at radius 1 is 1.12 bits per heavy atom. The fourth-order valence-corrected chi connectivity index (χ4v) is 2.17. The number of nitrogens with two attached hydrogens (primary N) is 1. The molecule has 0 spiro atoms. The quantitative estimate of drug-likeness (QED) is 0.350. The van der Waals surface area contributed by atoms with Crippen LogP contribution in [-0.4, -0.2) is 31.0 Å². The zero-order valence-electron chi connectivity index (χ0n) is 13.2. The Morgan fingerprint density at radius 3 is 2.62 bits per heavy atom. The molecule has 0 fully saturated rings. The van der Waals surface area contributed by atoms with E-state index in [9.17, 15) is 4.79 Å². The summed E-state index contributed by atoms with van der Waals surface area (Å²) in [6.07, 6.45) is -0.486. The van der Waals surface area contributed by atoms with Gasteiger partial charge in [0, 0.05) is 6.54 Å². The summed E-state index contributed by atoms with van der Waals surface area (Å²) in [5, 5.41) is 2.71. The topological polar surface area (TPSA) is 76.7 Å². The minimum absolute atomic E-state index is 0.160. The van der Waals surface area contributed by atoms with Crippen LogP contribution < -0.4 is 11.1 Å². The van der Waals surface area contributed by atoms with Crippen molar-refractivity contribution in [3.8, 4) is 11.1 Å². The number of amides is 1. The highest BCUT2D eigenvalue weighted by molar-refractivity contribution is 6.27. The van der Waals surface area contributed by atoms with Gasteiger partial charge in [-0.25, -0.2) is 4.79 Å².